The molecule has 2 aliphatic rings. The van der Waals surface area contributed by atoms with Crippen LogP contribution in [0.15, 0.2) is 168 Å². The molecule has 184 valence electrons. The molecule has 0 atom stereocenters. The summed E-state index contributed by atoms with van der Waals surface area (Å²) in [6.45, 7) is 1.68. The average Bonchev–Trinajstić information content (AvgIpc) is 3.67. The van der Waals surface area contributed by atoms with E-state index >= 15 is 0 Å². The molecule has 3 aromatic rings. The molecule has 0 aliphatic heterocycles. The summed E-state index contributed by atoms with van der Waals surface area (Å²) in [4.78, 5) is 0. The Labute approximate surface area is 230 Å². The van der Waals surface area contributed by atoms with Crippen LogP contribution in [0.4, 0.5) is 0 Å². The van der Waals surface area contributed by atoms with Crippen LogP contribution in [0.25, 0.3) is 6.08 Å². The molecule has 0 aromatic heterocycles. The summed E-state index contributed by atoms with van der Waals surface area (Å²) >= 11 is 0. The van der Waals surface area contributed by atoms with Crippen molar-refractivity contribution in [3.63, 3.8) is 0 Å². The normalized spacial score (nSPS) is 11.8. The standard InChI is InChI=1S/C14H12O.C7H8O.2C5H5.2Fe/c15-14(13-8-4-5-9-13)11-10-12-6-2-1-3-7-12;1-6(8)7-4-2-3-5-7;2*1-2-4-5-3-1;;/h1-11,15H;2-5,8H,1H3;2*1-5H;;/q;;2*-1;;/b11-10+;;;;;. The van der Waals surface area contributed by atoms with Crippen molar-refractivity contribution in [3.8, 4) is 0 Å². The summed E-state index contributed by atoms with van der Waals surface area (Å²) in [5.74, 6) is 0.679. The van der Waals surface area contributed by atoms with Gasteiger partial charge in [0.2, 0.25) is 0 Å². The Morgan fingerprint density at radius 3 is 1.40 bits per heavy atom. The van der Waals surface area contributed by atoms with Crippen LogP contribution in [-0.2, 0) is 34.1 Å². The van der Waals surface area contributed by atoms with Crippen LogP contribution >= 0.6 is 0 Å². The molecule has 0 saturated heterocycles. The molecule has 2 aliphatic carbocycles. The predicted molar refractivity (Wildman–Crippen MR) is 141 cm³/mol. The smallest absolute Gasteiger partial charge is 0.122 e. The molecule has 2 N–H and O–H groups in total. The van der Waals surface area contributed by atoms with Gasteiger partial charge in [0, 0.05) is 45.3 Å². The fourth-order valence-electron chi connectivity index (χ4n) is 2.64. The Hall–Kier alpha value is -3.26. The number of hydrogen-bond acceptors (Lipinski definition) is 2. The quantitative estimate of drug-likeness (QED) is 0.193. The molecule has 2 nitrogen and oxygen atoms in total. The summed E-state index contributed by atoms with van der Waals surface area (Å²) in [6, 6.07) is 29.9. The van der Waals surface area contributed by atoms with E-state index in [-0.39, 0.29) is 34.1 Å². The summed E-state index contributed by atoms with van der Waals surface area (Å²) in [5, 5.41) is 18.5. The summed E-state index contributed by atoms with van der Waals surface area (Å²) in [5.41, 5.74) is 2.84. The van der Waals surface area contributed by atoms with Crippen molar-refractivity contribution in [3.05, 3.63) is 174 Å². The van der Waals surface area contributed by atoms with E-state index in [1.807, 2.05) is 146 Å². The Bertz CT molecular complexity index is 1020. The number of aliphatic hydroxyl groups is 2. The van der Waals surface area contributed by atoms with Gasteiger partial charge in [0.15, 0.2) is 0 Å². The van der Waals surface area contributed by atoms with Crippen LogP contribution in [0.3, 0.4) is 0 Å². The molecular weight excluding hydrogens is 516 g/mol. The third kappa shape index (κ3) is 14.6. The SMILES string of the molecule is CC(O)=C1C=CC=C1.OC(/C=C/c1ccccc1)=C1C=CC=C1.[Fe].[Fe].c1cc[cH-]c1.c1cc[cH-]c1. The molecule has 0 unspecified atom stereocenters. The zero-order valence-corrected chi connectivity index (χ0v) is 21.7. The summed E-state index contributed by atoms with van der Waals surface area (Å²) in [6.07, 6.45) is 18.7. The fourth-order valence-corrected chi connectivity index (χ4v) is 2.64. The van der Waals surface area contributed by atoms with Crippen LogP contribution in [0.1, 0.15) is 12.5 Å². The summed E-state index contributed by atoms with van der Waals surface area (Å²) in [7, 11) is 0. The number of rotatable bonds is 2. The second kappa shape index (κ2) is 20.1. The fraction of sp³-hybridized carbons (Fsp3) is 0.0323. The van der Waals surface area contributed by atoms with Crippen LogP contribution in [-0.4, -0.2) is 10.2 Å². The first-order valence-corrected chi connectivity index (χ1v) is 10.8. The Balaban J connectivity index is 0.000000486. The molecule has 0 radical (unpaired) electrons. The minimum atomic E-state index is 0. The molecule has 5 rings (SSSR count). The average molecular weight is 546 g/mol. The zero-order valence-electron chi connectivity index (χ0n) is 19.5. The van der Waals surface area contributed by atoms with Gasteiger partial charge in [-0.1, -0.05) is 85.0 Å². The molecule has 3 aromatic carbocycles. The molecule has 0 fully saturated rings. The van der Waals surface area contributed by atoms with Crippen molar-refractivity contribution in [2.45, 2.75) is 6.92 Å². The van der Waals surface area contributed by atoms with Gasteiger partial charge in [-0.2, -0.15) is 36.4 Å². The van der Waals surface area contributed by atoms with Crippen LogP contribution in [0, 0.1) is 0 Å². The van der Waals surface area contributed by atoms with Gasteiger partial charge in [-0.05, 0) is 18.6 Å². The van der Waals surface area contributed by atoms with E-state index in [2.05, 4.69) is 0 Å². The van der Waals surface area contributed by atoms with E-state index in [0.29, 0.717) is 11.5 Å². The van der Waals surface area contributed by atoms with Crippen LogP contribution < -0.4 is 0 Å². The van der Waals surface area contributed by atoms with Crippen molar-refractivity contribution in [2.24, 2.45) is 0 Å². The van der Waals surface area contributed by atoms with E-state index in [1.165, 1.54) is 0 Å². The van der Waals surface area contributed by atoms with Gasteiger partial charge in [-0.15, -0.1) is 0 Å². The Kier molecular flexibility index (Phi) is 18.3. The van der Waals surface area contributed by atoms with Crippen molar-refractivity contribution >= 4 is 6.08 Å². The zero-order chi connectivity index (χ0) is 23.6. The molecule has 0 bridgehead atoms. The van der Waals surface area contributed by atoms with E-state index in [0.717, 1.165) is 16.7 Å². The third-order valence-corrected chi connectivity index (χ3v) is 4.38. The molecule has 35 heavy (non-hydrogen) atoms. The van der Waals surface area contributed by atoms with Crippen LogP contribution in [0.5, 0.6) is 0 Å². The van der Waals surface area contributed by atoms with Gasteiger partial charge >= 0.3 is 0 Å². The first-order chi connectivity index (χ1) is 16.2. The van der Waals surface area contributed by atoms with Gasteiger partial charge in [0.1, 0.15) is 5.76 Å². The summed E-state index contributed by atoms with van der Waals surface area (Å²) < 4.78 is 0. The van der Waals surface area contributed by atoms with Gasteiger partial charge in [0.25, 0.3) is 0 Å². The molecule has 0 amide bonds. The first kappa shape index (κ1) is 31.7. The number of hydrogen-bond donors (Lipinski definition) is 2. The third-order valence-electron chi connectivity index (χ3n) is 4.38. The second-order valence-electron chi connectivity index (χ2n) is 6.99. The van der Waals surface area contributed by atoms with Crippen LogP contribution in [0.2, 0.25) is 0 Å². The Morgan fingerprint density at radius 1 is 0.629 bits per heavy atom. The topological polar surface area (TPSA) is 40.5 Å². The minimum absolute atomic E-state index is 0. The van der Waals surface area contributed by atoms with Crippen molar-refractivity contribution in [1.82, 2.24) is 0 Å². The maximum Gasteiger partial charge on any atom is 0.122 e. The van der Waals surface area contributed by atoms with E-state index < -0.39 is 0 Å². The van der Waals surface area contributed by atoms with Crippen molar-refractivity contribution in [2.75, 3.05) is 0 Å². The predicted octanol–water partition coefficient (Wildman–Crippen LogP) is 8.39. The maximum absolute atomic E-state index is 9.70. The second-order valence-corrected chi connectivity index (χ2v) is 6.99. The number of aliphatic hydroxyl groups excluding tert-OH is 2. The van der Waals surface area contributed by atoms with E-state index in [4.69, 9.17) is 5.11 Å². The number of benzene rings is 1. The molecule has 0 heterocycles. The van der Waals surface area contributed by atoms with E-state index in [9.17, 15) is 5.11 Å². The maximum atomic E-state index is 9.70. The monoisotopic (exact) mass is 546 g/mol. The molecule has 0 saturated carbocycles. The van der Waals surface area contributed by atoms with Gasteiger partial charge in [-0.25, -0.2) is 24.3 Å². The largest absolute Gasteiger partial charge is 0.512 e. The Morgan fingerprint density at radius 2 is 1.06 bits per heavy atom. The van der Waals surface area contributed by atoms with Gasteiger partial charge in [-0.3, -0.25) is 0 Å². The molecular formula is C31H30Fe2O2-2. The van der Waals surface area contributed by atoms with Gasteiger partial charge < -0.3 is 10.2 Å². The van der Waals surface area contributed by atoms with Gasteiger partial charge in [0.05, 0.1) is 5.76 Å². The molecule has 4 heteroatoms. The first-order valence-electron chi connectivity index (χ1n) is 10.8. The minimum Gasteiger partial charge on any atom is -0.512 e. The van der Waals surface area contributed by atoms with Crippen molar-refractivity contribution in [1.29, 1.82) is 0 Å². The molecule has 0 spiro atoms. The number of allylic oxidation sites excluding steroid dienone is 12. The van der Waals surface area contributed by atoms with E-state index in [1.54, 1.807) is 13.0 Å². The van der Waals surface area contributed by atoms with Crippen molar-refractivity contribution < 1.29 is 44.4 Å².